The Morgan fingerprint density at radius 2 is 2.00 bits per heavy atom. The number of thiazole rings is 1. The molecule has 30 heavy (non-hydrogen) atoms. The van der Waals surface area contributed by atoms with Crippen molar-refractivity contribution in [2.24, 2.45) is 12.1 Å². The Bertz CT molecular complexity index is 1340. The van der Waals surface area contributed by atoms with Crippen LogP contribution in [0.25, 0.3) is 22.1 Å². The second-order valence-electron chi connectivity index (χ2n) is 6.66. The zero-order valence-corrected chi connectivity index (χ0v) is 17.2. The lowest BCUT2D eigenvalue weighted by atomic mass is 10.0. The third-order valence-electron chi connectivity index (χ3n) is 4.60. The van der Waals surface area contributed by atoms with E-state index in [0.29, 0.717) is 16.1 Å². The summed E-state index contributed by atoms with van der Waals surface area (Å²) in [6.07, 6.45) is 0. The molecule has 0 radical (unpaired) electrons. The van der Waals surface area contributed by atoms with Crippen LogP contribution >= 0.6 is 11.3 Å². The summed E-state index contributed by atoms with van der Waals surface area (Å²) in [4.78, 5) is 24.8. The van der Waals surface area contributed by atoms with Crippen LogP contribution < -0.4 is 20.6 Å². The number of hydrogen-bond donors (Lipinski definition) is 1. The molecule has 2 heterocycles. The number of benzene rings is 2. The summed E-state index contributed by atoms with van der Waals surface area (Å²) >= 11 is 1.43. The van der Waals surface area contributed by atoms with Crippen molar-refractivity contribution in [2.45, 2.75) is 6.92 Å². The monoisotopic (exact) mass is 421 g/mol. The van der Waals surface area contributed by atoms with Crippen LogP contribution in [0.1, 0.15) is 5.69 Å². The fraction of sp³-hybridized carbons (Fsp3) is 0.136. The number of amides is 1. The van der Waals surface area contributed by atoms with Crippen LogP contribution in [0, 0.1) is 6.92 Å². The van der Waals surface area contributed by atoms with Gasteiger partial charge in [0, 0.05) is 35.6 Å². The van der Waals surface area contributed by atoms with E-state index in [9.17, 15) is 9.59 Å². The molecule has 2 aromatic heterocycles. The number of ether oxygens (including phenoxy) is 1. The minimum atomic E-state index is -0.450. The number of fused-ring (bicyclic) bond motifs is 1. The maximum atomic E-state index is 12.1. The molecule has 0 bridgehead atoms. The van der Waals surface area contributed by atoms with Crippen molar-refractivity contribution in [1.82, 2.24) is 9.99 Å². The first kappa shape index (κ1) is 19.7. The fourth-order valence-electron chi connectivity index (χ4n) is 2.93. The van der Waals surface area contributed by atoms with Crippen molar-refractivity contribution in [3.8, 4) is 16.9 Å². The maximum Gasteiger partial charge on any atom is 0.336 e. The number of carbonyl (C=O) groups is 1. The van der Waals surface area contributed by atoms with Gasteiger partial charge in [0.15, 0.2) is 6.61 Å². The molecule has 152 valence electrons. The third-order valence-corrected chi connectivity index (χ3v) is 5.63. The predicted octanol–water partition coefficient (Wildman–Crippen LogP) is 3.18. The summed E-state index contributed by atoms with van der Waals surface area (Å²) in [6.45, 7) is 1.74. The zero-order chi connectivity index (χ0) is 21.1. The Morgan fingerprint density at radius 1 is 1.20 bits per heavy atom. The Morgan fingerprint density at radius 3 is 2.73 bits per heavy atom. The molecule has 0 saturated carbocycles. The molecule has 1 amide bonds. The lowest BCUT2D eigenvalue weighted by Gasteiger charge is -2.08. The van der Waals surface area contributed by atoms with E-state index >= 15 is 0 Å². The maximum absolute atomic E-state index is 12.1. The molecule has 0 aliphatic carbocycles. The second kappa shape index (κ2) is 8.38. The Balaban J connectivity index is 1.51. The number of hydrogen-bond acceptors (Lipinski definition) is 6. The van der Waals surface area contributed by atoms with Crippen LogP contribution in [0.15, 0.2) is 74.3 Å². The fourth-order valence-corrected chi connectivity index (χ4v) is 3.76. The van der Waals surface area contributed by atoms with E-state index in [-0.39, 0.29) is 12.5 Å². The van der Waals surface area contributed by atoms with E-state index in [0.717, 1.165) is 22.2 Å². The molecule has 1 N–H and O–H groups in total. The van der Waals surface area contributed by atoms with E-state index in [1.807, 2.05) is 60.3 Å². The van der Waals surface area contributed by atoms with E-state index in [4.69, 9.17) is 9.15 Å². The molecule has 0 aliphatic heterocycles. The molecule has 0 saturated heterocycles. The van der Waals surface area contributed by atoms with Gasteiger partial charge in [-0.15, -0.1) is 16.4 Å². The van der Waals surface area contributed by atoms with Crippen molar-refractivity contribution < 1.29 is 13.9 Å². The molecule has 0 fully saturated rings. The molecule has 0 atom stereocenters. The minimum Gasteiger partial charge on any atom is -0.484 e. The normalized spacial score (nSPS) is 11.6. The van der Waals surface area contributed by atoms with Crippen LogP contribution in [0.3, 0.4) is 0 Å². The summed E-state index contributed by atoms with van der Waals surface area (Å²) in [6, 6.07) is 16.2. The number of carbonyl (C=O) groups excluding carboxylic acids is 1. The van der Waals surface area contributed by atoms with Gasteiger partial charge < -0.3 is 13.7 Å². The summed E-state index contributed by atoms with van der Waals surface area (Å²) in [5, 5.41) is 6.83. The second-order valence-corrected chi connectivity index (χ2v) is 7.49. The van der Waals surface area contributed by atoms with Crippen LogP contribution in [0.4, 0.5) is 0 Å². The van der Waals surface area contributed by atoms with Crippen LogP contribution in [-0.4, -0.2) is 17.1 Å². The highest BCUT2D eigenvalue weighted by atomic mass is 32.1. The molecule has 8 heteroatoms. The van der Waals surface area contributed by atoms with Crippen molar-refractivity contribution in [1.29, 1.82) is 0 Å². The Labute approximate surface area is 175 Å². The van der Waals surface area contributed by atoms with Crippen LogP contribution in [-0.2, 0) is 11.8 Å². The standard InChI is InChI=1S/C22H19N3O4S/c1-14-13-30-22(25(14)2)24-23-20(26)12-28-16-8-9-17-18(15-6-4-3-5-7-15)11-21(27)29-19(17)10-16/h3-11,13H,12H2,1-2H3,(H,23,26)/b24-22-. The van der Waals surface area contributed by atoms with Crippen molar-refractivity contribution in [3.63, 3.8) is 0 Å². The number of aryl methyl sites for hydroxylation is 1. The molecule has 0 unspecified atom stereocenters. The topological polar surface area (TPSA) is 85.8 Å². The van der Waals surface area contributed by atoms with Gasteiger partial charge in [0.1, 0.15) is 11.3 Å². The highest BCUT2D eigenvalue weighted by Crippen LogP contribution is 2.29. The Hall–Kier alpha value is -3.65. The van der Waals surface area contributed by atoms with Crippen molar-refractivity contribution in [2.75, 3.05) is 6.61 Å². The number of aromatic nitrogens is 1. The van der Waals surface area contributed by atoms with Gasteiger partial charge in [-0.05, 0) is 30.2 Å². The molecule has 0 aliphatic rings. The third kappa shape index (κ3) is 4.18. The quantitative estimate of drug-likeness (QED) is 0.396. The number of rotatable bonds is 5. The average Bonchev–Trinajstić information content (AvgIpc) is 3.08. The highest BCUT2D eigenvalue weighted by Gasteiger charge is 2.10. The summed E-state index contributed by atoms with van der Waals surface area (Å²) < 4.78 is 12.8. The smallest absolute Gasteiger partial charge is 0.336 e. The zero-order valence-electron chi connectivity index (χ0n) is 16.4. The molecule has 4 rings (SSSR count). The van der Waals surface area contributed by atoms with Gasteiger partial charge in [0.2, 0.25) is 4.80 Å². The van der Waals surface area contributed by atoms with Gasteiger partial charge in [-0.1, -0.05) is 30.3 Å². The lowest BCUT2D eigenvalue weighted by molar-refractivity contribution is -0.123. The summed E-state index contributed by atoms with van der Waals surface area (Å²) in [5.74, 6) is 0.0316. The van der Waals surface area contributed by atoms with Crippen LogP contribution in [0.2, 0.25) is 0 Å². The lowest BCUT2D eigenvalue weighted by Crippen LogP contribution is -2.28. The van der Waals surface area contributed by atoms with Gasteiger partial charge in [0.05, 0.1) is 0 Å². The molecular weight excluding hydrogens is 402 g/mol. The first-order valence-corrected chi connectivity index (χ1v) is 10.1. The number of nitrogens with zero attached hydrogens (tertiary/aromatic N) is 2. The summed E-state index contributed by atoms with van der Waals surface area (Å²) in [7, 11) is 1.87. The molecular formula is C22H19N3O4S. The van der Waals surface area contributed by atoms with Gasteiger partial charge in [-0.2, -0.15) is 0 Å². The van der Waals surface area contributed by atoms with Gasteiger partial charge in [-0.25, -0.2) is 10.2 Å². The van der Waals surface area contributed by atoms with Crippen molar-refractivity contribution >= 4 is 28.2 Å². The largest absolute Gasteiger partial charge is 0.484 e. The van der Waals surface area contributed by atoms with Crippen LogP contribution in [0.5, 0.6) is 5.75 Å². The SMILES string of the molecule is Cc1cs/c(=N\NC(=O)COc2ccc3c(-c4ccccc4)cc(=O)oc3c2)n1C. The number of nitrogens with one attached hydrogen (secondary N) is 1. The van der Waals surface area contributed by atoms with E-state index in [1.54, 1.807) is 12.1 Å². The molecule has 7 nitrogen and oxygen atoms in total. The first-order chi connectivity index (χ1) is 14.5. The van der Waals surface area contributed by atoms with Crippen molar-refractivity contribution in [3.05, 3.63) is 80.9 Å². The van der Waals surface area contributed by atoms with E-state index < -0.39 is 5.63 Å². The molecule has 2 aromatic carbocycles. The Kier molecular flexibility index (Phi) is 5.49. The molecule has 4 aromatic rings. The van der Waals surface area contributed by atoms with E-state index in [2.05, 4.69) is 10.5 Å². The summed E-state index contributed by atoms with van der Waals surface area (Å²) in [5.41, 5.74) is 5.17. The highest BCUT2D eigenvalue weighted by molar-refractivity contribution is 7.07. The van der Waals surface area contributed by atoms with Gasteiger partial charge in [-0.3, -0.25) is 4.79 Å². The van der Waals surface area contributed by atoms with Gasteiger partial charge >= 0.3 is 5.63 Å². The predicted molar refractivity (Wildman–Crippen MR) is 115 cm³/mol. The first-order valence-electron chi connectivity index (χ1n) is 9.21. The van der Waals surface area contributed by atoms with Gasteiger partial charge in [0.25, 0.3) is 5.91 Å². The van der Waals surface area contributed by atoms with E-state index in [1.165, 1.54) is 17.4 Å². The minimum absolute atomic E-state index is 0.217. The molecule has 0 spiro atoms. The average molecular weight is 421 g/mol.